The van der Waals surface area contributed by atoms with Gasteiger partial charge in [-0.05, 0) is 26.7 Å². The number of carbonyl (C=O) groups excluding carboxylic acids is 1. The van der Waals surface area contributed by atoms with E-state index in [4.69, 9.17) is 0 Å². The molecule has 7 nitrogen and oxygen atoms in total. The highest BCUT2D eigenvalue weighted by Crippen LogP contribution is 2.31. The number of amides is 1. The molecule has 108 valence electrons. The lowest BCUT2D eigenvalue weighted by molar-refractivity contribution is -0.147. The highest BCUT2D eigenvalue weighted by molar-refractivity contribution is 5.93. The van der Waals surface area contributed by atoms with E-state index in [2.05, 4.69) is 20.5 Å². The van der Waals surface area contributed by atoms with Crippen molar-refractivity contribution in [3.63, 3.8) is 0 Å². The van der Waals surface area contributed by atoms with Crippen LogP contribution in [0.5, 0.6) is 0 Å². The van der Waals surface area contributed by atoms with E-state index < -0.39 is 17.8 Å². The molecule has 1 fully saturated rings. The van der Waals surface area contributed by atoms with Crippen LogP contribution in [0, 0.1) is 25.7 Å². The second-order valence-electron chi connectivity index (χ2n) is 5.13. The molecule has 0 bridgehead atoms. The molecule has 1 amide bonds. The number of nitrogens with one attached hydrogen (secondary N) is 1. The van der Waals surface area contributed by atoms with Gasteiger partial charge in [-0.25, -0.2) is 4.98 Å². The second kappa shape index (κ2) is 5.94. The van der Waals surface area contributed by atoms with Crippen LogP contribution < -0.4 is 5.32 Å². The predicted octanol–water partition coefficient (Wildman–Crippen LogP) is 1.32. The minimum absolute atomic E-state index is 0.132. The van der Waals surface area contributed by atoms with Crippen LogP contribution in [0.25, 0.3) is 0 Å². The zero-order chi connectivity index (χ0) is 14.7. The Bertz CT molecular complexity index is 532. The first kappa shape index (κ1) is 14.4. The highest BCUT2D eigenvalue weighted by atomic mass is 16.4. The Labute approximate surface area is 116 Å². The van der Waals surface area contributed by atoms with Gasteiger partial charge in [0.15, 0.2) is 0 Å². The standard InChI is InChI=1S/C13H18N4O3/c1-7-8(2)16-17-13(14-7)15-11(18)9-5-3-4-6-10(9)12(19)20/h9-10H,3-6H2,1-2H3,(H,19,20)(H,14,15,17,18). The number of aliphatic carboxylic acids is 1. The van der Waals surface area contributed by atoms with Gasteiger partial charge in [0.25, 0.3) is 0 Å². The number of aromatic nitrogens is 3. The molecule has 2 rings (SSSR count). The zero-order valence-electron chi connectivity index (χ0n) is 11.6. The third-order valence-electron chi connectivity index (χ3n) is 3.75. The molecule has 0 saturated heterocycles. The number of carboxylic acids is 1. The number of hydrogen-bond donors (Lipinski definition) is 2. The molecule has 1 aromatic heterocycles. The van der Waals surface area contributed by atoms with Crippen LogP contribution in [0.4, 0.5) is 5.95 Å². The first-order valence-electron chi connectivity index (χ1n) is 6.70. The summed E-state index contributed by atoms with van der Waals surface area (Å²) in [6.45, 7) is 3.56. The van der Waals surface area contributed by atoms with Crippen molar-refractivity contribution in [1.29, 1.82) is 0 Å². The van der Waals surface area contributed by atoms with Crippen LogP contribution in [-0.2, 0) is 9.59 Å². The van der Waals surface area contributed by atoms with Gasteiger partial charge in [-0.2, -0.15) is 5.10 Å². The molecular weight excluding hydrogens is 260 g/mol. The van der Waals surface area contributed by atoms with E-state index in [0.29, 0.717) is 24.2 Å². The van der Waals surface area contributed by atoms with Crippen LogP contribution in [-0.4, -0.2) is 32.2 Å². The Morgan fingerprint density at radius 3 is 2.35 bits per heavy atom. The van der Waals surface area contributed by atoms with Crippen LogP contribution in [0.1, 0.15) is 37.1 Å². The Morgan fingerprint density at radius 1 is 1.10 bits per heavy atom. The van der Waals surface area contributed by atoms with Crippen LogP contribution in [0.2, 0.25) is 0 Å². The van der Waals surface area contributed by atoms with Gasteiger partial charge in [0.2, 0.25) is 11.9 Å². The second-order valence-corrected chi connectivity index (χ2v) is 5.13. The van der Waals surface area contributed by atoms with Gasteiger partial charge in [0, 0.05) is 0 Å². The lowest BCUT2D eigenvalue weighted by atomic mass is 9.79. The molecule has 2 atom stereocenters. The van der Waals surface area contributed by atoms with Gasteiger partial charge in [-0.15, -0.1) is 5.10 Å². The van der Waals surface area contributed by atoms with Crippen LogP contribution >= 0.6 is 0 Å². The lowest BCUT2D eigenvalue weighted by Gasteiger charge is -2.27. The van der Waals surface area contributed by atoms with Crippen molar-refractivity contribution in [3.8, 4) is 0 Å². The van der Waals surface area contributed by atoms with E-state index in [1.165, 1.54) is 0 Å². The molecule has 1 aliphatic rings. The smallest absolute Gasteiger partial charge is 0.307 e. The van der Waals surface area contributed by atoms with E-state index in [9.17, 15) is 14.7 Å². The summed E-state index contributed by atoms with van der Waals surface area (Å²) in [6.07, 6.45) is 2.84. The Hall–Kier alpha value is -2.05. The number of carboxylic acid groups (broad SMARTS) is 1. The highest BCUT2D eigenvalue weighted by Gasteiger charge is 2.36. The first-order valence-corrected chi connectivity index (χ1v) is 6.70. The van der Waals surface area contributed by atoms with E-state index in [-0.39, 0.29) is 11.9 Å². The minimum Gasteiger partial charge on any atom is -0.481 e. The zero-order valence-corrected chi connectivity index (χ0v) is 11.6. The van der Waals surface area contributed by atoms with E-state index in [0.717, 1.165) is 12.8 Å². The predicted molar refractivity (Wildman–Crippen MR) is 71.0 cm³/mol. The van der Waals surface area contributed by atoms with Gasteiger partial charge in [-0.1, -0.05) is 12.8 Å². The van der Waals surface area contributed by atoms with Crippen molar-refractivity contribution < 1.29 is 14.7 Å². The molecule has 0 aromatic carbocycles. The summed E-state index contributed by atoms with van der Waals surface area (Å²) in [5, 5.41) is 19.4. The van der Waals surface area contributed by atoms with Crippen LogP contribution in [0.15, 0.2) is 0 Å². The summed E-state index contributed by atoms with van der Waals surface area (Å²) in [4.78, 5) is 27.5. The third-order valence-corrected chi connectivity index (χ3v) is 3.75. The Kier molecular flexibility index (Phi) is 4.26. The molecule has 0 radical (unpaired) electrons. The molecule has 2 unspecified atom stereocenters. The van der Waals surface area contributed by atoms with Crippen molar-refractivity contribution in [2.24, 2.45) is 11.8 Å². The van der Waals surface area contributed by atoms with Gasteiger partial charge in [0.1, 0.15) is 0 Å². The summed E-state index contributed by atoms with van der Waals surface area (Å²) in [5.74, 6) is -2.26. The molecule has 7 heteroatoms. The number of aryl methyl sites for hydroxylation is 2. The maximum Gasteiger partial charge on any atom is 0.307 e. The van der Waals surface area contributed by atoms with Crippen molar-refractivity contribution in [1.82, 2.24) is 15.2 Å². The Morgan fingerprint density at radius 2 is 1.75 bits per heavy atom. The van der Waals surface area contributed by atoms with Crippen LogP contribution in [0.3, 0.4) is 0 Å². The molecule has 1 aromatic rings. The molecule has 0 spiro atoms. The normalized spacial score (nSPS) is 22.3. The molecule has 2 N–H and O–H groups in total. The Balaban J connectivity index is 2.09. The SMILES string of the molecule is Cc1nnc(NC(=O)C2CCCCC2C(=O)O)nc1C. The molecule has 1 heterocycles. The largest absolute Gasteiger partial charge is 0.481 e. The molecular formula is C13H18N4O3. The summed E-state index contributed by atoms with van der Waals surface area (Å²) in [7, 11) is 0. The maximum absolute atomic E-state index is 12.2. The summed E-state index contributed by atoms with van der Waals surface area (Å²) in [6, 6.07) is 0. The lowest BCUT2D eigenvalue weighted by Crippen LogP contribution is -2.36. The minimum atomic E-state index is -0.913. The van der Waals surface area contributed by atoms with E-state index in [1.807, 2.05) is 0 Å². The topological polar surface area (TPSA) is 105 Å². The monoisotopic (exact) mass is 278 g/mol. The van der Waals surface area contributed by atoms with Gasteiger partial charge < -0.3 is 5.11 Å². The number of carbonyl (C=O) groups is 2. The molecule has 1 aliphatic carbocycles. The quantitative estimate of drug-likeness (QED) is 0.863. The maximum atomic E-state index is 12.2. The summed E-state index contributed by atoms with van der Waals surface area (Å²) < 4.78 is 0. The third kappa shape index (κ3) is 3.09. The van der Waals surface area contributed by atoms with Crippen molar-refractivity contribution in [2.45, 2.75) is 39.5 Å². The van der Waals surface area contributed by atoms with Gasteiger partial charge >= 0.3 is 5.97 Å². The molecule has 20 heavy (non-hydrogen) atoms. The molecule has 0 aliphatic heterocycles. The average molecular weight is 278 g/mol. The fraction of sp³-hybridized carbons (Fsp3) is 0.615. The summed E-state index contributed by atoms with van der Waals surface area (Å²) in [5.41, 5.74) is 1.39. The average Bonchev–Trinajstić information content (AvgIpc) is 2.43. The van der Waals surface area contributed by atoms with E-state index >= 15 is 0 Å². The number of hydrogen-bond acceptors (Lipinski definition) is 5. The summed E-state index contributed by atoms with van der Waals surface area (Å²) >= 11 is 0. The first-order chi connectivity index (χ1) is 9.49. The van der Waals surface area contributed by atoms with Crippen molar-refractivity contribution in [2.75, 3.05) is 5.32 Å². The van der Waals surface area contributed by atoms with Gasteiger partial charge in [-0.3, -0.25) is 14.9 Å². The van der Waals surface area contributed by atoms with Crippen molar-refractivity contribution >= 4 is 17.8 Å². The fourth-order valence-electron chi connectivity index (χ4n) is 2.45. The molecule has 1 saturated carbocycles. The number of nitrogens with zero attached hydrogens (tertiary/aromatic N) is 3. The van der Waals surface area contributed by atoms with Crippen molar-refractivity contribution in [3.05, 3.63) is 11.4 Å². The fourth-order valence-corrected chi connectivity index (χ4v) is 2.45. The van der Waals surface area contributed by atoms with Gasteiger partial charge in [0.05, 0.1) is 23.2 Å². The van der Waals surface area contributed by atoms with E-state index in [1.54, 1.807) is 13.8 Å². The number of rotatable bonds is 3. The number of anilines is 1.